The van der Waals surface area contributed by atoms with Gasteiger partial charge in [-0.15, -0.1) is 0 Å². The summed E-state index contributed by atoms with van der Waals surface area (Å²) in [5.41, 5.74) is 0. The van der Waals surface area contributed by atoms with Crippen LogP contribution in [0.15, 0.2) is 12.7 Å². The van der Waals surface area contributed by atoms with Crippen molar-refractivity contribution < 1.29 is 14.3 Å². The molecule has 1 fully saturated rings. The van der Waals surface area contributed by atoms with Crippen LogP contribution in [0.2, 0.25) is 0 Å². The van der Waals surface area contributed by atoms with E-state index in [4.69, 9.17) is 4.74 Å². The Hall–Kier alpha value is -1.52. The van der Waals surface area contributed by atoms with E-state index in [0.29, 0.717) is 13.1 Å². The Morgan fingerprint density at radius 3 is 2.69 bits per heavy atom. The molecule has 5 nitrogen and oxygen atoms in total. The molecule has 0 spiro atoms. The average molecular weight is 184 g/mol. The number of nitrogens with one attached hydrogen (secondary N) is 1. The van der Waals surface area contributed by atoms with E-state index >= 15 is 0 Å². The number of likely N-dealkylation sites (tertiary alicyclic amines) is 1. The zero-order valence-corrected chi connectivity index (χ0v) is 7.45. The number of ether oxygens (including phenoxy) is 1. The summed E-state index contributed by atoms with van der Waals surface area (Å²) in [5.74, 6) is -0.128. The first-order valence-corrected chi connectivity index (χ1v) is 3.97. The lowest BCUT2D eigenvalue weighted by Gasteiger charge is -2.37. The third-order valence-electron chi connectivity index (χ3n) is 1.81. The number of hydrogen-bond acceptors (Lipinski definition) is 3. The molecule has 0 atom stereocenters. The van der Waals surface area contributed by atoms with Gasteiger partial charge in [-0.1, -0.05) is 6.58 Å². The third-order valence-corrected chi connectivity index (χ3v) is 1.81. The van der Waals surface area contributed by atoms with Crippen LogP contribution in [-0.2, 0) is 9.53 Å². The summed E-state index contributed by atoms with van der Waals surface area (Å²) in [6, 6.07) is 0. The van der Waals surface area contributed by atoms with Crippen LogP contribution in [-0.4, -0.2) is 43.1 Å². The molecule has 1 aliphatic rings. The van der Waals surface area contributed by atoms with Gasteiger partial charge < -0.3 is 15.0 Å². The second kappa shape index (κ2) is 3.93. The zero-order chi connectivity index (χ0) is 9.84. The standard InChI is InChI=1S/C8H12N2O3/c1-3-7(11)10-4-6(5-10)13-8(12)9-2/h3,6H,1,4-5H2,2H3,(H,9,12). The van der Waals surface area contributed by atoms with Gasteiger partial charge >= 0.3 is 6.09 Å². The maximum Gasteiger partial charge on any atom is 0.407 e. The smallest absolute Gasteiger partial charge is 0.407 e. The van der Waals surface area contributed by atoms with E-state index < -0.39 is 6.09 Å². The summed E-state index contributed by atoms with van der Waals surface area (Å²) in [4.78, 5) is 23.2. The molecule has 1 rings (SSSR count). The minimum atomic E-state index is -0.462. The van der Waals surface area contributed by atoms with E-state index in [1.165, 1.54) is 13.1 Å². The van der Waals surface area contributed by atoms with E-state index in [-0.39, 0.29) is 12.0 Å². The topological polar surface area (TPSA) is 58.6 Å². The molecule has 1 N–H and O–H groups in total. The van der Waals surface area contributed by atoms with Crippen molar-refractivity contribution in [3.63, 3.8) is 0 Å². The van der Waals surface area contributed by atoms with Crippen LogP contribution in [0.3, 0.4) is 0 Å². The number of alkyl carbamates (subject to hydrolysis) is 1. The van der Waals surface area contributed by atoms with Gasteiger partial charge in [0.1, 0.15) is 6.10 Å². The van der Waals surface area contributed by atoms with Gasteiger partial charge in [0, 0.05) is 7.05 Å². The first-order chi connectivity index (χ1) is 6.17. The van der Waals surface area contributed by atoms with Crippen molar-refractivity contribution in [2.24, 2.45) is 0 Å². The van der Waals surface area contributed by atoms with Crippen LogP contribution >= 0.6 is 0 Å². The number of rotatable bonds is 2. The first kappa shape index (κ1) is 9.57. The second-order valence-corrected chi connectivity index (χ2v) is 2.72. The molecule has 0 saturated carbocycles. The molecule has 0 aliphatic carbocycles. The van der Waals surface area contributed by atoms with E-state index in [1.807, 2.05) is 0 Å². The summed E-state index contributed by atoms with van der Waals surface area (Å²) in [6.45, 7) is 4.27. The molecule has 1 aliphatic heterocycles. The van der Waals surface area contributed by atoms with Gasteiger partial charge in [-0.05, 0) is 6.08 Å². The maximum absolute atomic E-state index is 10.9. The molecule has 13 heavy (non-hydrogen) atoms. The quantitative estimate of drug-likeness (QED) is 0.601. The van der Waals surface area contributed by atoms with Crippen molar-refractivity contribution in [1.82, 2.24) is 10.2 Å². The van der Waals surface area contributed by atoms with Crippen LogP contribution in [0.1, 0.15) is 0 Å². The van der Waals surface area contributed by atoms with Gasteiger partial charge in [-0.3, -0.25) is 4.79 Å². The Morgan fingerprint density at radius 1 is 1.62 bits per heavy atom. The van der Waals surface area contributed by atoms with E-state index in [2.05, 4.69) is 11.9 Å². The SMILES string of the molecule is C=CC(=O)N1CC(OC(=O)NC)C1. The largest absolute Gasteiger partial charge is 0.442 e. The van der Waals surface area contributed by atoms with Crippen molar-refractivity contribution in [2.45, 2.75) is 6.10 Å². The summed E-state index contributed by atoms with van der Waals surface area (Å²) in [7, 11) is 1.49. The highest BCUT2D eigenvalue weighted by Gasteiger charge is 2.31. The molecular formula is C8H12N2O3. The molecule has 0 radical (unpaired) electrons. The number of nitrogens with zero attached hydrogens (tertiary/aromatic N) is 1. The number of carbonyl (C=O) groups is 2. The molecule has 1 heterocycles. The van der Waals surface area contributed by atoms with Crippen LogP contribution in [0.5, 0.6) is 0 Å². The maximum atomic E-state index is 10.9. The number of amides is 2. The molecular weight excluding hydrogens is 172 g/mol. The summed E-state index contributed by atoms with van der Waals surface area (Å²) in [5, 5.41) is 2.34. The molecule has 2 amide bonds. The highest BCUT2D eigenvalue weighted by atomic mass is 16.6. The van der Waals surface area contributed by atoms with Crippen LogP contribution in [0, 0.1) is 0 Å². The monoisotopic (exact) mass is 184 g/mol. The molecule has 0 unspecified atom stereocenters. The van der Waals surface area contributed by atoms with Crippen molar-refractivity contribution >= 4 is 12.0 Å². The van der Waals surface area contributed by atoms with Crippen molar-refractivity contribution in [3.8, 4) is 0 Å². The van der Waals surface area contributed by atoms with Gasteiger partial charge in [-0.2, -0.15) is 0 Å². The Morgan fingerprint density at radius 2 is 2.23 bits per heavy atom. The highest BCUT2D eigenvalue weighted by molar-refractivity contribution is 5.87. The van der Waals surface area contributed by atoms with Crippen LogP contribution < -0.4 is 5.32 Å². The summed E-state index contributed by atoms with van der Waals surface area (Å²) in [6.07, 6.45) is 0.607. The average Bonchev–Trinajstić information content (AvgIpc) is 2.08. The highest BCUT2D eigenvalue weighted by Crippen LogP contribution is 2.11. The molecule has 0 aromatic rings. The van der Waals surface area contributed by atoms with Crippen molar-refractivity contribution in [2.75, 3.05) is 20.1 Å². The predicted molar refractivity (Wildman–Crippen MR) is 46.1 cm³/mol. The lowest BCUT2D eigenvalue weighted by molar-refractivity contribution is -0.135. The van der Waals surface area contributed by atoms with Gasteiger partial charge in [0.15, 0.2) is 0 Å². The second-order valence-electron chi connectivity index (χ2n) is 2.72. The fraction of sp³-hybridized carbons (Fsp3) is 0.500. The van der Waals surface area contributed by atoms with E-state index in [1.54, 1.807) is 4.90 Å². The van der Waals surface area contributed by atoms with Crippen LogP contribution in [0.4, 0.5) is 4.79 Å². The molecule has 0 aromatic carbocycles. The Balaban J connectivity index is 2.22. The van der Waals surface area contributed by atoms with Gasteiger partial charge in [0.05, 0.1) is 13.1 Å². The van der Waals surface area contributed by atoms with E-state index in [9.17, 15) is 9.59 Å². The van der Waals surface area contributed by atoms with E-state index in [0.717, 1.165) is 0 Å². The molecule has 0 bridgehead atoms. The van der Waals surface area contributed by atoms with Gasteiger partial charge in [-0.25, -0.2) is 4.79 Å². The van der Waals surface area contributed by atoms with Crippen LogP contribution in [0.25, 0.3) is 0 Å². The third kappa shape index (κ3) is 2.21. The van der Waals surface area contributed by atoms with Crippen molar-refractivity contribution in [3.05, 3.63) is 12.7 Å². The molecule has 0 aromatic heterocycles. The number of carbonyl (C=O) groups excluding carboxylic acids is 2. The number of hydrogen-bond donors (Lipinski definition) is 1. The Labute approximate surface area is 76.3 Å². The Kier molecular flexibility index (Phi) is 2.89. The zero-order valence-electron chi connectivity index (χ0n) is 7.45. The first-order valence-electron chi connectivity index (χ1n) is 3.97. The lowest BCUT2D eigenvalue weighted by atomic mass is 10.1. The summed E-state index contributed by atoms with van der Waals surface area (Å²) >= 11 is 0. The van der Waals surface area contributed by atoms with Crippen molar-refractivity contribution in [1.29, 1.82) is 0 Å². The molecule has 1 saturated heterocycles. The predicted octanol–water partition coefficient (Wildman–Crippen LogP) is -0.261. The lowest BCUT2D eigenvalue weighted by Crippen LogP contribution is -2.55. The fourth-order valence-electron chi connectivity index (χ4n) is 1.03. The Bertz CT molecular complexity index is 234. The van der Waals surface area contributed by atoms with Gasteiger partial charge in [0.25, 0.3) is 0 Å². The minimum Gasteiger partial charge on any atom is -0.442 e. The summed E-state index contributed by atoms with van der Waals surface area (Å²) < 4.78 is 4.88. The fourth-order valence-corrected chi connectivity index (χ4v) is 1.03. The normalized spacial score (nSPS) is 15.9. The molecule has 72 valence electrons. The molecule has 5 heteroatoms. The van der Waals surface area contributed by atoms with Gasteiger partial charge in [0.2, 0.25) is 5.91 Å². The minimum absolute atomic E-state index is 0.128.